The molecule has 10 nitrogen and oxygen atoms in total. The second-order valence-electron chi connectivity index (χ2n) is 4.95. The molecule has 0 bridgehead atoms. The van der Waals surface area contributed by atoms with Gasteiger partial charge in [0.2, 0.25) is 14.2 Å². The highest BCUT2D eigenvalue weighted by Gasteiger charge is 2.23. The summed E-state index contributed by atoms with van der Waals surface area (Å²) in [5, 5.41) is 29.0. The van der Waals surface area contributed by atoms with Crippen LogP contribution in [0.3, 0.4) is 0 Å². The normalized spacial score (nSPS) is 11.4. The van der Waals surface area contributed by atoms with Crippen molar-refractivity contribution in [3.05, 3.63) is 62.2 Å². The molecule has 3 rings (SSSR count). The zero-order valence-electron chi connectivity index (χ0n) is 12.6. The first-order valence-electron chi connectivity index (χ1n) is 6.80. The van der Waals surface area contributed by atoms with E-state index in [0.717, 1.165) is 22.7 Å². The van der Waals surface area contributed by atoms with E-state index in [0.29, 0.717) is 10.4 Å². The predicted molar refractivity (Wildman–Crippen MR) is 93.9 cm³/mol. The molecule has 134 valence electrons. The lowest BCUT2D eigenvalue weighted by Crippen LogP contribution is -2.04. The fraction of sp³-hybridized carbons (Fsp3) is 0.0769. The lowest BCUT2D eigenvalue weighted by molar-refractivity contribution is -0.384. The lowest BCUT2D eigenvalue weighted by atomic mass is 10.2. The Morgan fingerprint density at radius 1 is 0.923 bits per heavy atom. The van der Waals surface area contributed by atoms with Gasteiger partial charge in [-0.2, -0.15) is 0 Å². The number of hydrogen-bond acceptors (Lipinski definition) is 10. The van der Waals surface area contributed by atoms with Crippen LogP contribution in [-0.2, 0) is 15.6 Å². The van der Waals surface area contributed by atoms with Gasteiger partial charge in [0.25, 0.3) is 5.69 Å². The van der Waals surface area contributed by atoms with Crippen molar-refractivity contribution in [1.82, 2.24) is 10.2 Å². The average molecular weight is 412 g/mol. The molecule has 26 heavy (non-hydrogen) atoms. The molecule has 0 spiro atoms. The third-order valence-corrected chi connectivity index (χ3v) is 7.42. The third kappa shape index (κ3) is 3.74. The smallest absolute Gasteiger partial charge is 0.258 e. The van der Waals surface area contributed by atoms with Crippen LogP contribution in [-0.4, -0.2) is 28.5 Å². The van der Waals surface area contributed by atoms with Gasteiger partial charge < -0.3 is 0 Å². The monoisotopic (exact) mass is 412 g/mol. The molecule has 0 aliphatic carbocycles. The fourth-order valence-corrected chi connectivity index (χ4v) is 5.26. The molecule has 2 aromatic heterocycles. The van der Waals surface area contributed by atoms with Crippen LogP contribution in [0.4, 0.5) is 10.7 Å². The van der Waals surface area contributed by atoms with Crippen LogP contribution in [0.5, 0.6) is 0 Å². The number of sulfone groups is 1. The number of nitro benzene ring substituents is 1. The highest BCUT2D eigenvalue weighted by atomic mass is 32.2. The molecular weight excluding hydrogens is 404 g/mol. The Morgan fingerprint density at radius 3 is 2.19 bits per heavy atom. The molecule has 0 fully saturated rings. The van der Waals surface area contributed by atoms with E-state index >= 15 is 0 Å². The number of nitrogens with zero attached hydrogens (tertiary/aromatic N) is 4. The van der Waals surface area contributed by atoms with Gasteiger partial charge in [-0.1, -0.05) is 34.8 Å². The minimum atomic E-state index is -3.80. The summed E-state index contributed by atoms with van der Waals surface area (Å²) in [6.45, 7) is 0. The second-order valence-corrected chi connectivity index (χ2v) is 9.15. The van der Waals surface area contributed by atoms with Gasteiger partial charge >= 0.3 is 5.00 Å². The number of nitro groups is 2. The molecule has 0 aliphatic rings. The van der Waals surface area contributed by atoms with Gasteiger partial charge in [0.15, 0.2) is 5.01 Å². The number of thiophene rings is 1. The Labute approximate surface area is 154 Å². The molecule has 1 aromatic carbocycles. The van der Waals surface area contributed by atoms with Crippen LogP contribution in [0.2, 0.25) is 0 Å². The van der Waals surface area contributed by atoms with Crippen molar-refractivity contribution in [2.75, 3.05) is 0 Å². The first-order chi connectivity index (χ1) is 12.3. The van der Waals surface area contributed by atoms with E-state index in [1.165, 1.54) is 36.4 Å². The molecule has 3 aromatic rings. The fourth-order valence-electron chi connectivity index (χ4n) is 1.97. The van der Waals surface area contributed by atoms with E-state index in [4.69, 9.17) is 0 Å². The van der Waals surface area contributed by atoms with Gasteiger partial charge in [0.1, 0.15) is 0 Å². The number of non-ortho nitro benzene ring substituents is 1. The Morgan fingerprint density at radius 2 is 1.62 bits per heavy atom. The van der Waals surface area contributed by atoms with Crippen LogP contribution in [0, 0.1) is 20.2 Å². The van der Waals surface area contributed by atoms with Gasteiger partial charge in [-0.05, 0) is 11.6 Å². The molecule has 0 amide bonds. The molecule has 0 saturated carbocycles. The van der Waals surface area contributed by atoms with Crippen LogP contribution < -0.4 is 0 Å². The first-order valence-corrected chi connectivity index (χ1v) is 10.1. The Bertz CT molecular complexity index is 1090. The van der Waals surface area contributed by atoms with E-state index in [1.54, 1.807) is 0 Å². The topological polar surface area (TPSA) is 146 Å². The number of benzene rings is 1. The molecular formula is C13H8N4O6S3. The van der Waals surface area contributed by atoms with Gasteiger partial charge in [0.05, 0.1) is 20.5 Å². The summed E-state index contributed by atoms with van der Waals surface area (Å²) in [6, 6.07) is 7.96. The van der Waals surface area contributed by atoms with Gasteiger partial charge in [-0.3, -0.25) is 20.2 Å². The highest BCUT2D eigenvalue weighted by Crippen LogP contribution is 2.35. The summed E-state index contributed by atoms with van der Waals surface area (Å²) in [5.74, 6) is -0.385. The minimum Gasteiger partial charge on any atom is -0.258 e. The van der Waals surface area contributed by atoms with Crippen molar-refractivity contribution >= 4 is 43.2 Å². The van der Waals surface area contributed by atoms with Crippen molar-refractivity contribution < 1.29 is 18.3 Å². The van der Waals surface area contributed by atoms with Gasteiger partial charge in [-0.25, -0.2) is 8.42 Å². The summed E-state index contributed by atoms with van der Waals surface area (Å²) in [7, 11) is -3.80. The standard InChI is InChI=1S/C13H8N4O6S3/c18-16(19)9-3-1-8(2-4-9)7-26(22,23)13-15-14-12(25-13)10-5-6-11(24-10)17(20)21/h1-6H,7H2. The zero-order valence-corrected chi connectivity index (χ0v) is 15.1. The second kappa shape index (κ2) is 6.86. The summed E-state index contributed by atoms with van der Waals surface area (Å²) >= 11 is 1.69. The van der Waals surface area contributed by atoms with Crippen molar-refractivity contribution in [3.8, 4) is 9.88 Å². The number of rotatable bonds is 6. The number of aromatic nitrogens is 2. The predicted octanol–water partition coefficient (Wildman–Crippen LogP) is 3.06. The lowest BCUT2D eigenvalue weighted by Gasteiger charge is -2.00. The molecule has 0 atom stereocenters. The first kappa shape index (κ1) is 18.0. The Kier molecular flexibility index (Phi) is 4.76. The van der Waals surface area contributed by atoms with E-state index in [-0.39, 0.29) is 25.8 Å². The molecule has 0 saturated heterocycles. The summed E-state index contributed by atoms with van der Waals surface area (Å²) in [4.78, 5) is 20.7. The van der Waals surface area contributed by atoms with Crippen molar-refractivity contribution in [3.63, 3.8) is 0 Å². The zero-order chi connectivity index (χ0) is 18.9. The van der Waals surface area contributed by atoms with Crippen molar-refractivity contribution in [2.45, 2.75) is 10.1 Å². The maximum absolute atomic E-state index is 12.4. The largest absolute Gasteiger partial charge is 0.324 e. The molecule has 0 unspecified atom stereocenters. The van der Waals surface area contributed by atoms with Gasteiger partial charge in [0, 0.05) is 18.2 Å². The van der Waals surface area contributed by atoms with Crippen LogP contribution in [0.25, 0.3) is 9.88 Å². The molecule has 0 N–H and O–H groups in total. The van der Waals surface area contributed by atoms with E-state index in [9.17, 15) is 28.6 Å². The van der Waals surface area contributed by atoms with Crippen LogP contribution >= 0.6 is 22.7 Å². The van der Waals surface area contributed by atoms with E-state index < -0.39 is 19.7 Å². The molecule has 0 aliphatic heterocycles. The van der Waals surface area contributed by atoms with E-state index in [2.05, 4.69) is 10.2 Å². The summed E-state index contributed by atoms with van der Waals surface area (Å²) in [6.07, 6.45) is 0. The maximum atomic E-state index is 12.4. The number of hydrogen-bond donors (Lipinski definition) is 0. The van der Waals surface area contributed by atoms with E-state index in [1.807, 2.05) is 0 Å². The molecule has 2 heterocycles. The summed E-state index contributed by atoms with van der Waals surface area (Å²) in [5.41, 5.74) is 0.239. The van der Waals surface area contributed by atoms with Crippen molar-refractivity contribution in [2.24, 2.45) is 0 Å². The SMILES string of the molecule is O=[N+]([O-])c1ccc(CS(=O)(=O)c2nnc(-c3ccc([N+](=O)[O-])s3)s2)cc1. The average Bonchev–Trinajstić information content (AvgIpc) is 3.24. The highest BCUT2D eigenvalue weighted by molar-refractivity contribution is 7.92. The van der Waals surface area contributed by atoms with Crippen LogP contribution in [0.1, 0.15) is 5.56 Å². The third-order valence-electron chi connectivity index (χ3n) is 3.16. The maximum Gasteiger partial charge on any atom is 0.324 e. The molecule has 0 radical (unpaired) electrons. The molecule has 13 heteroatoms. The Hall–Kier alpha value is -2.77. The Balaban J connectivity index is 1.82. The van der Waals surface area contributed by atoms with Gasteiger partial charge in [-0.15, -0.1) is 10.2 Å². The van der Waals surface area contributed by atoms with Crippen LogP contribution in [0.15, 0.2) is 40.7 Å². The van der Waals surface area contributed by atoms with Crippen molar-refractivity contribution in [1.29, 1.82) is 0 Å². The quantitative estimate of drug-likeness (QED) is 0.443. The summed E-state index contributed by atoms with van der Waals surface area (Å²) < 4.78 is 24.7. The minimum absolute atomic E-state index is 0.0783.